The number of anilines is 3. The average Bonchev–Trinajstić information content (AvgIpc) is 2.90. The molecule has 3 aromatic rings. The predicted molar refractivity (Wildman–Crippen MR) is 138 cm³/mol. The number of rotatable bonds is 6. The van der Waals surface area contributed by atoms with Gasteiger partial charge in [-0.05, 0) is 18.6 Å². The first-order chi connectivity index (χ1) is 17.9. The zero-order chi connectivity index (χ0) is 25.9. The minimum atomic E-state index is -0.670. The first-order valence-electron chi connectivity index (χ1n) is 12.5. The molecule has 3 N–H and O–H groups in total. The SMILES string of the molecule is Cc1c(CCN2CCN(C(N)=O)CC2)nc2cc(F)cc(F)c2c1Nc1cncc(N2CCOCC2)c1. The van der Waals surface area contributed by atoms with E-state index in [0.29, 0.717) is 63.7 Å². The number of benzene rings is 1. The van der Waals surface area contributed by atoms with Crippen molar-refractivity contribution in [1.82, 2.24) is 19.8 Å². The van der Waals surface area contributed by atoms with Crippen molar-refractivity contribution in [1.29, 1.82) is 0 Å². The van der Waals surface area contributed by atoms with Crippen molar-refractivity contribution in [2.45, 2.75) is 13.3 Å². The molecule has 196 valence electrons. The number of morpholine rings is 1. The molecular formula is C26H31F2N7O2. The maximum atomic E-state index is 15.1. The molecule has 11 heteroatoms. The molecule has 2 amide bonds. The Bertz CT molecular complexity index is 1290. The van der Waals surface area contributed by atoms with E-state index in [1.54, 1.807) is 17.3 Å². The molecular weight excluding hydrogens is 480 g/mol. The normalized spacial score (nSPS) is 16.8. The van der Waals surface area contributed by atoms with Gasteiger partial charge in [-0.2, -0.15) is 0 Å². The van der Waals surface area contributed by atoms with Crippen LogP contribution in [-0.4, -0.2) is 84.8 Å². The number of primary amides is 1. The molecule has 0 saturated carbocycles. The maximum absolute atomic E-state index is 15.1. The largest absolute Gasteiger partial charge is 0.378 e. The highest BCUT2D eigenvalue weighted by molar-refractivity contribution is 5.95. The van der Waals surface area contributed by atoms with Gasteiger partial charge >= 0.3 is 6.03 Å². The van der Waals surface area contributed by atoms with Gasteiger partial charge in [0.2, 0.25) is 0 Å². The summed E-state index contributed by atoms with van der Waals surface area (Å²) in [4.78, 5) is 26.5. The molecule has 2 aliphatic heterocycles. The van der Waals surface area contributed by atoms with Gasteiger partial charge in [0.15, 0.2) is 0 Å². The fourth-order valence-corrected chi connectivity index (χ4v) is 4.95. The third kappa shape index (κ3) is 5.57. The number of aromatic nitrogens is 2. The Kier molecular flexibility index (Phi) is 7.33. The van der Waals surface area contributed by atoms with E-state index < -0.39 is 17.7 Å². The number of carbonyl (C=O) groups excluding carboxylic acids is 1. The van der Waals surface area contributed by atoms with Crippen LogP contribution in [0.4, 0.5) is 30.6 Å². The number of nitrogens with one attached hydrogen (secondary N) is 1. The molecule has 37 heavy (non-hydrogen) atoms. The zero-order valence-electron chi connectivity index (χ0n) is 20.8. The van der Waals surface area contributed by atoms with Gasteiger partial charge in [0.1, 0.15) is 11.6 Å². The molecule has 5 rings (SSSR count). The standard InChI is InChI=1S/C26H31F2N7O2/c1-17-22(2-3-33-4-6-35(7-5-33)26(29)36)32-23-13-18(27)12-21(28)24(23)25(17)31-19-14-20(16-30-15-19)34-8-10-37-11-9-34/h12-16H,2-11H2,1H3,(H2,29,36)(H,31,32). The molecule has 2 aromatic heterocycles. The number of hydrogen-bond acceptors (Lipinski definition) is 7. The summed E-state index contributed by atoms with van der Waals surface area (Å²) < 4.78 is 34.7. The lowest BCUT2D eigenvalue weighted by atomic mass is 10.0. The summed E-state index contributed by atoms with van der Waals surface area (Å²) in [6.07, 6.45) is 4.08. The first-order valence-corrected chi connectivity index (χ1v) is 12.5. The Labute approximate surface area is 214 Å². The Morgan fingerprint density at radius 2 is 1.84 bits per heavy atom. The highest BCUT2D eigenvalue weighted by Gasteiger charge is 2.21. The van der Waals surface area contributed by atoms with E-state index in [1.165, 1.54) is 6.07 Å². The van der Waals surface area contributed by atoms with Crippen molar-refractivity contribution in [2.24, 2.45) is 5.73 Å². The fourth-order valence-electron chi connectivity index (χ4n) is 4.95. The highest BCUT2D eigenvalue weighted by Crippen LogP contribution is 2.34. The van der Waals surface area contributed by atoms with Crippen LogP contribution < -0.4 is 16.0 Å². The molecule has 0 atom stereocenters. The van der Waals surface area contributed by atoms with Crippen LogP contribution in [0.3, 0.4) is 0 Å². The van der Waals surface area contributed by atoms with Gasteiger partial charge in [-0.25, -0.2) is 13.6 Å². The molecule has 9 nitrogen and oxygen atoms in total. The lowest BCUT2D eigenvalue weighted by Crippen LogP contribution is -2.50. The Hall–Kier alpha value is -3.57. The number of halogens is 2. The van der Waals surface area contributed by atoms with Crippen LogP contribution in [-0.2, 0) is 11.2 Å². The smallest absolute Gasteiger partial charge is 0.314 e. The highest BCUT2D eigenvalue weighted by atomic mass is 19.1. The molecule has 0 unspecified atom stereocenters. The van der Waals surface area contributed by atoms with E-state index >= 15 is 4.39 Å². The second-order valence-electron chi connectivity index (χ2n) is 9.41. The van der Waals surface area contributed by atoms with Gasteiger partial charge in [-0.15, -0.1) is 0 Å². The van der Waals surface area contributed by atoms with Crippen LogP contribution >= 0.6 is 0 Å². The first kappa shape index (κ1) is 25.1. The molecule has 0 spiro atoms. The molecule has 0 aliphatic carbocycles. The third-order valence-corrected chi connectivity index (χ3v) is 7.07. The van der Waals surface area contributed by atoms with Crippen molar-refractivity contribution in [3.8, 4) is 0 Å². The minimum Gasteiger partial charge on any atom is -0.378 e. The van der Waals surface area contributed by atoms with Crippen molar-refractivity contribution < 1.29 is 18.3 Å². The zero-order valence-corrected chi connectivity index (χ0v) is 20.8. The molecule has 0 bridgehead atoms. The number of amides is 2. The van der Waals surface area contributed by atoms with Crippen LogP contribution in [0.1, 0.15) is 11.3 Å². The molecule has 2 aliphatic rings. The van der Waals surface area contributed by atoms with Gasteiger partial charge in [0.05, 0.1) is 53.6 Å². The summed E-state index contributed by atoms with van der Waals surface area (Å²) in [5.74, 6) is -1.34. The number of carbonyl (C=O) groups is 1. The van der Waals surface area contributed by atoms with Gasteiger partial charge < -0.3 is 25.6 Å². The number of pyridine rings is 2. The lowest BCUT2D eigenvalue weighted by molar-refractivity contribution is 0.122. The molecule has 2 fully saturated rings. The number of hydrogen-bond donors (Lipinski definition) is 2. The summed E-state index contributed by atoms with van der Waals surface area (Å²) in [5, 5.41) is 3.60. The second-order valence-corrected chi connectivity index (χ2v) is 9.41. The van der Waals surface area contributed by atoms with Crippen molar-refractivity contribution in [2.75, 3.05) is 69.2 Å². The van der Waals surface area contributed by atoms with Crippen LogP contribution in [0.2, 0.25) is 0 Å². The Morgan fingerprint density at radius 3 is 2.57 bits per heavy atom. The van der Waals surface area contributed by atoms with E-state index in [2.05, 4.69) is 25.1 Å². The monoisotopic (exact) mass is 511 g/mol. The Morgan fingerprint density at radius 1 is 1.08 bits per heavy atom. The molecule has 0 radical (unpaired) electrons. The summed E-state index contributed by atoms with van der Waals surface area (Å²) >= 11 is 0. The number of nitrogens with zero attached hydrogens (tertiary/aromatic N) is 5. The number of fused-ring (bicyclic) bond motifs is 1. The quantitative estimate of drug-likeness (QED) is 0.525. The van der Waals surface area contributed by atoms with Crippen LogP contribution in [0.25, 0.3) is 10.9 Å². The maximum Gasteiger partial charge on any atom is 0.314 e. The van der Waals surface area contributed by atoms with E-state index in [4.69, 9.17) is 10.5 Å². The van der Waals surface area contributed by atoms with Crippen LogP contribution in [0.15, 0.2) is 30.6 Å². The van der Waals surface area contributed by atoms with Gasteiger partial charge in [0, 0.05) is 70.1 Å². The summed E-state index contributed by atoms with van der Waals surface area (Å²) in [6, 6.07) is 3.72. The second kappa shape index (κ2) is 10.8. The molecule has 4 heterocycles. The topological polar surface area (TPSA) is 99.8 Å². The molecule has 1 aromatic carbocycles. The number of urea groups is 1. The van der Waals surface area contributed by atoms with Crippen LogP contribution in [0.5, 0.6) is 0 Å². The lowest BCUT2D eigenvalue weighted by Gasteiger charge is -2.33. The molecule has 2 saturated heterocycles. The van der Waals surface area contributed by atoms with E-state index in [-0.39, 0.29) is 10.9 Å². The van der Waals surface area contributed by atoms with E-state index in [0.717, 1.165) is 36.1 Å². The van der Waals surface area contributed by atoms with Gasteiger partial charge in [-0.3, -0.25) is 14.9 Å². The third-order valence-electron chi connectivity index (χ3n) is 7.07. The van der Waals surface area contributed by atoms with Crippen molar-refractivity contribution in [3.63, 3.8) is 0 Å². The number of ether oxygens (including phenoxy) is 1. The number of nitrogens with two attached hydrogens (primary N) is 1. The minimum absolute atomic E-state index is 0.245. The van der Waals surface area contributed by atoms with Gasteiger partial charge in [0.25, 0.3) is 0 Å². The Balaban J connectivity index is 1.43. The predicted octanol–water partition coefficient (Wildman–Crippen LogP) is 3.04. The summed E-state index contributed by atoms with van der Waals surface area (Å²) in [5.41, 5.74) is 9.41. The van der Waals surface area contributed by atoms with E-state index in [9.17, 15) is 9.18 Å². The van der Waals surface area contributed by atoms with Crippen molar-refractivity contribution >= 4 is 34.0 Å². The van der Waals surface area contributed by atoms with Crippen molar-refractivity contribution in [3.05, 3.63) is 53.5 Å². The number of piperazine rings is 1. The van der Waals surface area contributed by atoms with Gasteiger partial charge in [-0.1, -0.05) is 0 Å². The fraction of sp³-hybridized carbons (Fsp3) is 0.423. The van der Waals surface area contributed by atoms with E-state index in [1.807, 2.05) is 13.0 Å². The van der Waals surface area contributed by atoms with Crippen LogP contribution in [0, 0.1) is 18.6 Å². The summed E-state index contributed by atoms with van der Waals surface area (Å²) in [6.45, 7) is 8.04. The summed E-state index contributed by atoms with van der Waals surface area (Å²) in [7, 11) is 0. The average molecular weight is 512 g/mol.